The van der Waals surface area contributed by atoms with E-state index in [1.807, 2.05) is 45.9 Å². The molecule has 2 amide bonds. The van der Waals surface area contributed by atoms with E-state index in [9.17, 15) is 9.59 Å². The number of hydrogen-bond donors (Lipinski definition) is 1. The highest BCUT2D eigenvalue weighted by Crippen LogP contribution is 2.24. The van der Waals surface area contributed by atoms with E-state index in [0.717, 1.165) is 23.1 Å². The van der Waals surface area contributed by atoms with Crippen LogP contribution in [0.25, 0.3) is 0 Å². The molecule has 0 saturated carbocycles. The summed E-state index contributed by atoms with van der Waals surface area (Å²) in [4.78, 5) is 27.3. The minimum absolute atomic E-state index is 0.0170. The number of carbonyl (C=O) groups is 2. The molecule has 0 aromatic heterocycles. The van der Waals surface area contributed by atoms with Gasteiger partial charge in [-0.3, -0.25) is 9.59 Å². The van der Waals surface area contributed by atoms with Crippen molar-refractivity contribution >= 4 is 35.0 Å². The summed E-state index contributed by atoms with van der Waals surface area (Å²) in [6.07, 6.45) is 0.801. The standard InChI is InChI=1S/C24H30Cl2N2O3/c1-6-17(4)27-24(30)18(5)28(13-19-7-8-21(25)22(26)12-19)23(29)14-31-20-10-15(2)9-16(3)11-20/h7-12,17-18H,6,13-14H2,1-5H3,(H,27,30)/t17-,18-/m1/s1. The Bertz CT molecular complexity index is 913. The second-order valence-electron chi connectivity index (χ2n) is 7.88. The van der Waals surface area contributed by atoms with Crippen molar-refractivity contribution in [2.45, 2.75) is 59.7 Å². The molecule has 31 heavy (non-hydrogen) atoms. The van der Waals surface area contributed by atoms with Crippen molar-refractivity contribution in [3.63, 3.8) is 0 Å². The Hall–Kier alpha value is -2.24. The van der Waals surface area contributed by atoms with Crippen molar-refractivity contribution in [2.75, 3.05) is 6.61 Å². The third-order valence-electron chi connectivity index (χ3n) is 5.06. The molecule has 2 aromatic carbocycles. The van der Waals surface area contributed by atoms with Crippen LogP contribution in [0.15, 0.2) is 36.4 Å². The lowest BCUT2D eigenvalue weighted by molar-refractivity contribution is -0.142. The molecule has 5 nitrogen and oxygen atoms in total. The molecule has 2 aromatic rings. The van der Waals surface area contributed by atoms with E-state index in [2.05, 4.69) is 5.32 Å². The van der Waals surface area contributed by atoms with E-state index in [1.165, 1.54) is 4.90 Å². The fourth-order valence-electron chi connectivity index (χ4n) is 3.13. The smallest absolute Gasteiger partial charge is 0.261 e. The molecule has 0 aliphatic heterocycles. The van der Waals surface area contributed by atoms with E-state index < -0.39 is 6.04 Å². The molecule has 0 heterocycles. The molecular formula is C24H30Cl2N2O3. The molecule has 168 valence electrons. The van der Waals surface area contributed by atoms with E-state index >= 15 is 0 Å². The third kappa shape index (κ3) is 7.44. The maximum absolute atomic E-state index is 13.1. The predicted molar refractivity (Wildman–Crippen MR) is 126 cm³/mol. The van der Waals surface area contributed by atoms with Gasteiger partial charge < -0.3 is 15.0 Å². The summed E-state index contributed by atoms with van der Waals surface area (Å²) in [6, 6.07) is 10.3. The topological polar surface area (TPSA) is 58.6 Å². The second-order valence-corrected chi connectivity index (χ2v) is 8.69. The molecule has 0 radical (unpaired) electrons. The number of hydrogen-bond acceptors (Lipinski definition) is 3. The summed E-state index contributed by atoms with van der Waals surface area (Å²) < 4.78 is 5.75. The van der Waals surface area contributed by atoms with Crippen LogP contribution in [0.1, 0.15) is 43.9 Å². The van der Waals surface area contributed by atoms with Crippen LogP contribution in [0.5, 0.6) is 5.75 Å². The van der Waals surface area contributed by atoms with Gasteiger partial charge in [0.25, 0.3) is 5.91 Å². The summed E-state index contributed by atoms with van der Waals surface area (Å²) in [5.74, 6) is 0.114. The van der Waals surface area contributed by atoms with Crippen molar-refractivity contribution in [3.05, 3.63) is 63.1 Å². The lowest BCUT2D eigenvalue weighted by Gasteiger charge is -2.29. The predicted octanol–water partition coefficient (Wildman–Crippen LogP) is 5.32. The number of nitrogens with one attached hydrogen (secondary N) is 1. The summed E-state index contributed by atoms with van der Waals surface area (Å²) >= 11 is 12.2. The monoisotopic (exact) mass is 464 g/mol. The Labute approximate surface area is 194 Å². The lowest BCUT2D eigenvalue weighted by Crippen LogP contribution is -2.50. The fourth-order valence-corrected chi connectivity index (χ4v) is 3.45. The van der Waals surface area contributed by atoms with E-state index in [1.54, 1.807) is 25.1 Å². The minimum Gasteiger partial charge on any atom is -0.484 e. The van der Waals surface area contributed by atoms with Crippen LogP contribution < -0.4 is 10.1 Å². The first-order valence-corrected chi connectivity index (χ1v) is 11.1. The number of carbonyl (C=O) groups excluding carboxylic acids is 2. The molecule has 7 heteroatoms. The van der Waals surface area contributed by atoms with Gasteiger partial charge in [-0.1, -0.05) is 42.3 Å². The molecule has 0 bridgehead atoms. The van der Waals surface area contributed by atoms with Gasteiger partial charge >= 0.3 is 0 Å². The maximum Gasteiger partial charge on any atom is 0.261 e. The number of halogens is 2. The Morgan fingerprint density at radius 1 is 1.03 bits per heavy atom. The Balaban J connectivity index is 2.20. The van der Waals surface area contributed by atoms with Gasteiger partial charge in [0, 0.05) is 12.6 Å². The van der Waals surface area contributed by atoms with Crippen molar-refractivity contribution in [2.24, 2.45) is 0 Å². The van der Waals surface area contributed by atoms with Gasteiger partial charge in [-0.05, 0) is 75.1 Å². The largest absolute Gasteiger partial charge is 0.484 e. The average Bonchev–Trinajstić information content (AvgIpc) is 2.71. The molecule has 0 spiro atoms. The number of rotatable bonds is 9. The summed E-state index contributed by atoms with van der Waals surface area (Å²) in [7, 11) is 0. The van der Waals surface area contributed by atoms with Crippen LogP contribution in [0.3, 0.4) is 0 Å². The SMILES string of the molecule is CC[C@@H](C)NC(=O)[C@@H](C)N(Cc1ccc(Cl)c(Cl)c1)C(=O)COc1cc(C)cc(C)c1. The van der Waals surface area contributed by atoms with Gasteiger partial charge in [-0.2, -0.15) is 0 Å². The van der Waals surface area contributed by atoms with Gasteiger partial charge in [0.15, 0.2) is 6.61 Å². The fraction of sp³-hybridized carbons (Fsp3) is 0.417. The number of ether oxygens (including phenoxy) is 1. The third-order valence-corrected chi connectivity index (χ3v) is 5.80. The second kappa shape index (κ2) is 11.4. The maximum atomic E-state index is 13.1. The lowest BCUT2D eigenvalue weighted by atomic mass is 10.1. The molecule has 0 aliphatic carbocycles. The highest BCUT2D eigenvalue weighted by atomic mass is 35.5. The number of nitrogens with zero attached hydrogens (tertiary/aromatic N) is 1. The quantitative estimate of drug-likeness (QED) is 0.545. The van der Waals surface area contributed by atoms with Crippen LogP contribution in [0, 0.1) is 13.8 Å². The van der Waals surface area contributed by atoms with Crippen LogP contribution in [-0.2, 0) is 16.1 Å². The van der Waals surface area contributed by atoms with Crippen molar-refractivity contribution in [1.29, 1.82) is 0 Å². The summed E-state index contributed by atoms with van der Waals surface area (Å²) in [5.41, 5.74) is 2.88. The Morgan fingerprint density at radius 2 is 1.68 bits per heavy atom. The van der Waals surface area contributed by atoms with Crippen molar-refractivity contribution < 1.29 is 14.3 Å². The molecule has 1 N–H and O–H groups in total. The zero-order valence-electron chi connectivity index (χ0n) is 18.7. The molecule has 0 unspecified atom stereocenters. The van der Waals surface area contributed by atoms with Gasteiger partial charge in [0.2, 0.25) is 5.91 Å². The van der Waals surface area contributed by atoms with Crippen LogP contribution in [0.4, 0.5) is 0 Å². The zero-order chi connectivity index (χ0) is 23.1. The molecule has 2 rings (SSSR count). The van der Waals surface area contributed by atoms with Crippen molar-refractivity contribution in [3.8, 4) is 5.75 Å². The van der Waals surface area contributed by atoms with Crippen LogP contribution in [0.2, 0.25) is 10.0 Å². The summed E-state index contributed by atoms with van der Waals surface area (Å²) in [6.45, 7) is 9.61. The molecular weight excluding hydrogens is 435 g/mol. The zero-order valence-corrected chi connectivity index (χ0v) is 20.2. The summed E-state index contributed by atoms with van der Waals surface area (Å²) in [5, 5.41) is 3.77. The molecule has 2 atom stereocenters. The van der Waals surface area contributed by atoms with Crippen LogP contribution in [-0.4, -0.2) is 35.4 Å². The molecule has 0 aliphatic rings. The Morgan fingerprint density at radius 3 is 2.26 bits per heavy atom. The average molecular weight is 465 g/mol. The first-order valence-electron chi connectivity index (χ1n) is 10.4. The van der Waals surface area contributed by atoms with Gasteiger partial charge in [0.1, 0.15) is 11.8 Å². The Kier molecular flexibility index (Phi) is 9.20. The van der Waals surface area contributed by atoms with Crippen molar-refractivity contribution in [1.82, 2.24) is 10.2 Å². The van der Waals surface area contributed by atoms with E-state index in [4.69, 9.17) is 27.9 Å². The number of amides is 2. The number of benzene rings is 2. The van der Waals surface area contributed by atoms with Crippen LogP contribution >= 0.6 is 23.2 Å². The van der Waals surface area contributed by atoms with Gasteiger partial charge in [0.05, 0.1) is 10.0 Å². The van der Waals surface area contributed by atoms with E-state index in [-0.39, 0.29) is 31.0 Å². The normalized spacial score (nSPS) is 12.7. The first-order chi connectivity index (χ1) is 14.6. The minimum atomic E-state index is -0.682. The first kappa shape index (κ1) is 25.0. The highest BCUT2D eigenvalue weighted by molar-refractivity contribution is 6.42. The molecule has 0 fully saturated rings. The highest BCUT2D eigenvalue weighted by Gasteiger charge is 2.27. The molecule has 0 saturated heterocycles. The van der Waals surface area contributed by atoms with Gasteiger partial charge in [-0.25, -0.2) is 0 Å². The van der Waals surface area contributed by atoms with E-state index in [0.29, 0.717) is 15.8 Å². The number of aryl methyl sites for hydroxylation is 2. The van der Waals surface area contributed by atoms with Gasteiger partial charge in [-0.15, -0.1) is 0 Å².